The van der Waals surface area contributed by atoms with Crippen LogP contribution >= 0.6 is 11.6 Å². The third-order valence-electron chi connectivity index (χ3n) is 2.65. The van der Waals surface area contributed by atoms with Gasteiger partial charge in [-0.3, -0.25) is 0 Å². The Bertz CT molecular complexity index is 161. The fourth-order valence-corrected chi connectivity index (χ4v) is 2.02. The zero-order chi connectivity index (χ0) is 9.52. The van der Waals surface area contributed by atoms with Crippen LogP contribution in [0.1, 0.15) is 19.3 Å². The normalized spacial score (nSPS) is 28.8. The molecule has 0 spiro atoms. The Labute approximate surface area is 85.0 Å². The number of alkyl halides is 1. The van der Waals surface area contributed by atoms with E-state index in [0.29, 0.717) is 24.4 Å². The van der Waals surface area contributed by atoms with Crippen molar-refractivity contribution < 1.29 is 5.11 Å². The van der Waals surface area contributed by atoms with E-state index in [1.807, 2.05) is 12.2 Å². The zero-order valence-electron chi connectivity index (χ0n) is 7.88. The molecule has 1 aliphatic rings. The van der Waals surface area contributed by atoms with Crippen LogP contribution < -0.4 is 5.32 Å². The highest BCUT2D eigenvalue weighted by Gasteiger charge is 2.25. The molecule has 3 heteroatoms. The molecule has 0 radical (unpaired) electrons. The standard InChI is InChI=1S/C10H18ClNO/c11-6-1-2-7-12-10-5-3-4-9(10)8-13/h1-2,9-10,12-13H,3-8H2/b2-1+. The number of rotatable bonds is 5. The maximum atomic E-state index is 9.06. The van der Waals surface area contributed by atoms with Crippen LogP contribution in [0.5, 0.6) is 0 Å². The molecule has 76 valence electrons. The summed E-state index contributed by atoms with van der Waals surface area (Å²) in [6.45, 7) is 1.19. The fraction of sp³-hybridized carbons (Fsp3) is 0.800. The number of halogens is 1. The maximum Gasteiger partial charge on any atom is 0.0474 e. The topological polar surface area (TPSA) is 32.3 Å². The van der Waals surface area contributed by atoms with E-state index in [-0.39, 0.29) is 0 Å². The molecule has 0 aromatic carbocycles. The average molecular weight is 204 g/mol. The Kier molecular flexibility index (Phi) is 5.44. The lowest BCUT2D eigenvalue weighted by Gasteiger charge is -2.17. The van der Waals surface area contributed by atoms with E-state index in [0.717, 1.165) is 13.0 Å². The van der Waals surface area contributed by atoms with Crippen molar-refractivity contribution >= 4 is 11.6 Å². The third kappa shape index (κ3) is 3.67. The van der Waals surface area contributed by atoms with Crippen molar-refractivity contribution in [2.45, 2.75) is 25.3 Å². The van der Waals surface area contributed by atoms with Gasteiger partial charge in [-0.2, -0.15) is 0 Å². The monoisotopic (exact) mass is 203 g/mol. The summed E-state index contributed by atoms with van der Waals surface area (Å²) in [6, 6.07) is 0.505. The van der Waals surface area contributed by atoms with Gasteiger partial charge in [0.15, 0.2) is 0 Å². The Balaban J connectivity index is 2.16. The van der Waals surface area contributed by atoms with Gasteiger partial charge in [-0.1, -0.05) is 18.6 Å². The molecule has 1 saturated carbocycles. The van der Waals surface area contributed by atoms with E-state index in [9.17, 15) is 0 Å². The number of aliphatic hydroxyl groups is 1. The molecule has 1 rings (SSSR count). The Morgan fingerprint density at radius 2 is 2.23 bits per heavy atom. The summed E-state index contributed by atoms with van der Waals surface area (Å²) in [5.41, 5.74) is 0. The van der Waals surface area contributed by atoms with E-state index in [1.54, 1.807) is 0 Å². The quantitative estimate of drug-likeness (QED) is 0.525. The summed E-state index contributed by atoms with van der Waals surface area (Å²) >= 11 is 5.50. The molecule has 2 nitrogen and oxygen atoms in total. The Morgan fingerprint density at radius 3 is 2.92 bits per heavy atom. The number of hydrogen-bond donors (Lipinski definition) is 2. The van der Waals surface area contributed by atoms with Crippen LogP contribution in [0, 0.1) is 5.92 Å². The van der Waals surface area contributed by atoms with Gasteiger partial charge in [0.05, 0.1) is 0 Å². The van der Waals surface area contributed by atoms with Gasteiger partial charge in [0.2, 0.25) is 0 Å². The van der Waals surface area contributed by atoms with E-state index in [2.05, 4.69) is 5.32 Å². The molecule has 13 heavy (non-hydrogen) atoms. The molecule has 0 aromatic heterocycles. The molecule has 0 aliphatic heterocycles. The van der Waals surface area contributed by atoms with E-state index in [4.69, 9.17) is 16.7 Å². The van der Waals surface area contributed by atoms with E-state index < -0.39 is 0 Å². The van der Waals surface area contributed by atoms with Crippen LogP contribution in [-0.4, -0.2) is 30.2 Å². The van der Waals surface area contributed by atoms with Gasteiger partial charge < -0.3 is 10.4 Å². The minimum absolute atomic E-state index is 0.316. The van der Waals surface area contributed by atoms with Gasteiger partial charge in [-0.15, -0.1) is 11.6 Å². The van der Waals surface area contributed by atoms with E-state index in [1.165, 1.54) is 12.8 Å². The highest BCUT2D eigenvalue weighted by Crippen LogP contribution is 2.24. The first-order valence-corrected chi connectivity index (χ1v) is 5.47. The molecule has 1 aliphatic carbocycles. The number of allylic oxidation sites excluding steroid dienone is 1. The van der Waals surface area contributed by atoms with Crippen LogP contribution in [0.15, 0.2) is 12.2 Å². The van der Waals surface area contributed by atoms with Crippen LogP contribution in [0.3, 0.4) is 0 Å². The van der Waals surface area contributed by atoms with Gasteiger partial charge in [0.1, 0.15) is 0 Å². The van der Waals surface area contributed by atoms with Gasteiger partial charge in [-0.25, -0.2) is 0 Å². The summed E-state index contributed by atoms with van der Waals surface area (Å²) < 4.78 is 0. The van der Waals surface area contributed by atoms with Crippen LogP contribution in [0.2, 0.25) is 0 Å². The maximum absolute atomic E-state index is 9.06. The second-order valence-corrected chi connectivity index (χ2v) is 3.82. The van der Waals surface area contributed by atoms with Crippen LogP contribution in [0.4, 0.5) is 0 Å². The molecule has 0 heterocycles. The van der Waals surface area contributed by atoms with Gasteiger partial charge >= 0.3 is 0 Å². The molecule has 0 aromatic rings. The molecule has 1 fully saturated rings. The van der Waals surface area contributed by atoms with Crippen molar-refractivity contribution in [1.82, 2.24) is 5.32 Å². The molecule has 2 atom stereocenters. The van der Waals surface area contributed by atoms with Gasteiger partial charge in [-0.05, 0) is 18.8 Å². The molecular weight excluding hydrogens is 186 g/mol. The first-order chi connectivity index (χ1) is 6.38. The summed E-state index contributed by atoms with van der Waals surface area (Å²) in [5.74, 6) is 1.04. The van der Waals surface area contributed by atoms with Crippen molar-refractivity contribution in [3.63, 3.8) is 0 Å². The van der Waals surface area contributed by atoms with Crippen LogP contribution in [0.25, 0.3) is 0 Å². The molecule has 0 bridgehead atoms. The fourth-order valence-electron chi connectivity index (χ4n) is 1.89. The summed E-state index contributed by atoms with van der Waals surface area (Å²) in [7, 11) is 0. The summed E-state index contributed by atoms with van der Waals surface area (Å²) in [4.78, 5) is 0. The third-order valence-corrected chi connectivity index (χ3v) is 2.83. The predicted molar refractivity (Wildman–Crippen MR) is 56.1 cm³/mol. The van der Waals surface area contributed by atoms with Crippen molar-refractivity contribution in [2.24, 2.45) is 5.92 Å². The largest absolute Gasteiger partial charge is 0.396 e. The average Bonchev–Trinajstić information content (AvgIpc) is 2.60. The number of aliphatic hydroxyl groups excluding tert-OH is 1. The lowest BCUT2D eigenvalue weighted by Crippen LogP contribution is -2.34. The lowest BCUT2D eigenvalue weighted by molar-refractivity contribution is 0.207. The highest BCUT2D eigenvalue weighted by molar-refractivity contribution is 6.18. The second kappa shape index (κ2) is 6.41. The SMILES string of the molecule is OCC1CCCC1NC/C=C/CCl. The number of nitrogens with one attached hydrogen (secondary N) is 1. The minimum Gasteiger partial charge on any atom is -0.396 e. The van der Waals surface area contributed by atoms with Gasteiger partial charge in [0.25, 0.3) is 0 Å². The molecular formula is C10H18ClNO. The zero-order valence-corrected chi connectivity index (χ0v) is 8.63. The van der Waals surface area contributed by atoms with E-state index >= 15 is 0 Å². The summed E-state index contributed by atoms with van der Waals surface area (Å²) in [5, 5.41) is 12.5. The van der Waals surface area contributed by atoms with Crippen molar-refractivity contribution in [1.29, 1.82) is 0 Å². The highest BCUT2D eigenvalue weighted by atomic mass is 35.5. The molecule has 0 amide bonds. The Morgan fingerprint density at radius 1 is 1.38 bits per heavy atom. The van der Waals surface area contributed by atoms with Crippen LogP contribution in [-0.2, 0) is 0 Å². The Hall–Kier alpha value is -0.0500. The van der Waals surface area contributed by atoms with Crippen molar-refractivity contribution in [3.8, 4) is 0 Å². The lowest BCUT2D eigenvalue weighted by atomic mass is 10.1. The first-order valence-electron chi connectivity index (χ1n) is 4.93. The van der Waals surface area contributed by atoms with Gasteiger partial charge in [0, 0.05) is 25.1 Å². The second-order valence-electron chi connectivity index (χ2n) is 3.51. The minimum atomic E-state index is 0.316. The molecule has 2 unspecified atom stereocenters. The molecule has 0 saturated heterocycles. The summed E-state index contributed by atoms with van der Waals surface area (Å²) in [6.07, 6.45) is 7.58. The first kappa shape index (κ1) is 11.0. The molecule has 2 N–H and O–H groups in total. The van der Waals surface area contributed by atoms with Crippen molar-refractivity contribution in [2.75, 3.05) is 19.0 Å². The predicted octanol–water partition coefficient (Wildman–Crippen LogP) is 1.53. The van der Waals surface area contributed by atoms with Crippen molar-refractivity contribution in [3.05, 3.63) is 12.2 Å². The smallest absolute Gasteiger partial charge is 0.0474 e. The number of hydrogen-bond acceptors (Lipinski definition) is 2.